The van der Waals surface area contributed by atoms with Crippen LogP contribution in [0.2, 0.25) is 5.02 Å². The van der Waals surface area contributed by atoms with E-state index >= 15 is 0 Å². The fourth-order valence-electron chi connectivity index (χ4n) is 2.81. The second kappa shape index (κ2) is 8.89. The van der Waals surface area contributed by atoms with Crippen LogP contribution in [0.4, 0.5) is 0 Å². The number of nitrogens with zero attached hydrogens (tertiary/aromatic N) is 2. The summed E-state index contributed by atoms with van der Waals surface area (Å²) in [7, 11) is 0. The lowest BCUT2D eigenvalue weighted by atomic mass is 10.1. The SMILES string of the molecule is CCC(Oc1cc(C)cc(C)c1)C(=O)NCc1nc(-c2ccc(Cl)cc2)no1. The maximum atomic E-state index is 12.5. The maximum absolute atomic E-state index is 12.5. The first-order chi connectivity index (χ1) is 13.4. The number of rotatable bonds is 7. The largest absolute Gasteiger partial charge is 0.481 e. The van der Waals surface area contributed by atoms with Gasteiger partial charge in [0.15, 0.2) is 6.10 Å². The van der Waals surface area contributed by atoms with Gasteiger partial charge in [-0.2, -0.15) is 4.98 Å². The van der Waals surface area contributed by atoms with Crippen molar-refractivity contribution in [2.75, 3.05) is 0 Å². The van der Waals surface area contributed by atoms with Crippen molar-refractivity contribution in [3.05, 3.63) is 64.5 Å². The Bertz CT molecular complexity index is 934. The number of aromatic nitrogens is 2. The normalized spacial score (nSPS) is 11.9. The van der Waals surface area contributed by atoms with Crippen LogP contribution >= 0.6 is 11.6 Å². The number of hydrogen-bond donors (Lipinski definition) is 1. The standard InChI is InChI=1S/C21H22ClN3O3/c1-4-18(27-17-10-13(2)9-14(3)11-17)21(26)23-12-19-24-20(25-28-19)15-5-7-16(22)8-6-15/h5-11,18H,4,12H2,1-3H3,(H,23,26). The van der Waals surface area contributed by atoms with Gasteiger partial charge in [0.25, 0.3) is 5.91 Å². The van der Waals surface area contributed by atoms with Gasteiger partial charge in [-0.1, -0.05) is 29.7 Å². The Hall–Kier alpha value is -2.86. The molecule has 0 spiro atoms. The highest BCUT2D eigenvalue weighted by atomic mass is 35.5. The number of amides is 1. The highest BCUT2D eigenvalue weighted by molar-refractivity contribution is 6.30. The van der Waals surface area contributed by atoms with Gasteiger partial charge in [-0.25, -0.2) is 0 Å². The zero-order chi connectivity index (χ0) is 20.1. The Morgan fingerprint density at radius 3 is 2.50 bits per heavy atom. The Morgan fingerprint density at radius 1 is 1.18 bits per heavy atom. The fraction of sp³-hybridized carbons (Fsp3) is 0.286. The predicted octanol–water partition coefficient (Wildman–Crippen LogP) is 4.48. The second-order valence-electron chi connectivity index (χ2n) is 6.57. The van der Waals surface area contributed by atoms with Crippen molar-refractivity contribution in [2.45, 2.75) is 39.8 Å². The quantitative estimate of drug-likeness (QED) is 0.633. The zero-order valence-corrected chi connectivity index (χ0v) is 16.8. The Balaban J connectivity index is 1.60. The molecule has 28 heavy (non-hydrogen) atoms. The van der Waals surface area contributed by atoms with Crippen molar-refractivity contribution < 1.29 is 14.1 Å². The lowest BCUT2D eigenvalue weighted by molar-refractivity contribution is -0.128. The summed E-state index contributed by atoms with van der Waals surface area (Å²) in [5, 5.41) is 7.36. The molecule has 1 amide bonds. The third-order valence-electron chi connectivity index (χ3n) is 4.12. The van der Waals surface area contributed by atoms with Crippen LogP contribution in [0, 0.1) is 13.8 Å². The summed E-state index contributed by atoms with van der Waals surface area (Å²) in [6, 6.07) is 13.0. The van der Waals surface area contributed by atoms with Crippen LogP contribution in [0.5, 0.6) is 5.75 Å². The first kappa shape index (κ1) is 19.9. The van der Waals surface area contributed by atoms with Crippen LogP contribution in [-0.4, -0.2) is 22.2 Å². The summed E-state index contributed by atoms with van der Waals surface area (Å²) in [5.41, 5.74) is 2.96. The molecule has 1 aromatic heterocycles. The van der Waals surface area contributed by atoms with Crippen LogP contribution in [0.1, 0.15) is 30.4 Å². The van der Waals surface area contributed by atoms with Gasteiger partial charge >= 0.3 is 0 Å². The van der Waals surface area contributed by atoms with E-state index in [0.29, 0.717) is 28.9 Å². The highest BCUT2D eigenvalue weighted by Gasteiger charge is 2.19. The summed E-state index contributed by atoms with van der Waals surface area (Å²) in [4.78, 5) is 16.8. The average Bonchev–Trinajstić information content (AvgIpc) is 3.13. The molecule has 0 saturated carbocycles. The third kappa shape index (κ3) is 5.10. The van der Waals surface area contributed by atoms with Gasteiger partial charge in [-0.3, -0.25) is 4.79 Å². The molecule has 2 aromatic carbocycles. The van der Waals surface area contributed by atoms with Gasteiger partial charge in [0.05, 0.1) is 6.54 Å². The van der Waals surface area contributed by atoms with E-state index in [4.69, 9.17) is 20.9 Å². The van der Waals surface area contributed by atoms with Gasteiger partial charge in [0, 0.05) is 10.6 Å². The van der Waals surface area contributed by atoms with Crippen molar-refractivity contribution >= 4 is 17.5 Å². The van der Waals surface area contributed by atoms with E-state index in [0.717, 1.165) is 16.7 Å². The fourth-order valence-corrected chi connectivity index (χ4v) is 2.93. The van der Waals surface area contributed by atoms with Gasteiger partial charge < -0.3 is 14.6 Å². The second-order valence-corrected chi connectivity index (χ2v) is 7.01. The monoisotopic (exact) mass is 399 g/mol. The minimum Gasteiger partial charge on any atom is -0.481 e. The Labute approximate surface area is 168 Å². The molecule has 146 valence electrons. The molecule has 1 unspecified atom stereocenters. The molecule has 6 nitrogen and oxygen atoms in total. The molecule has 3 aromatic rings. The number of nitrogens with one attached hydrogen (secondary N) is 1. The highest BCUT2D eigenvalue weighted by Crippen LogP contribution is 2.20. The van der Waals surface area contributed by atoms with E-state index in [9.17, 15) is 4.79 Å². The summed E-state index contributed by atoms with van der Waals surface area (Å²) in [5.74, 6) is 1.22. The average molecular weight is 400 g/mol. The van der Waals surface area contributed by atoms with E-state index in [-0.39, 0.29) is 12.5 Å². The smallest absolute Gasteiger partial charge is 0.261 e. The summed E-state index contributed by atoms with van der Waals surface area (Å²) >= 11 is 5.88. The van der Waals surface area contributed by atoms with Crippen LogP contribution in [-0.2, 0) is 11.3 Å². The van der Waals surface area contributed by atoms with Crippen LogP contribution < -0.4 is 10.1 Å². The molecular formula is C21H22ClN3O3. The van der Waals surface area contributed by atoms with E-state index in [1.165, 1.54) is 0 Å². The van der Waals surface area contributed by atoms with E-state index in [1.807, 2.05) is 32.9 Å². The molecule has 3 rings (SSSR count). The first-order valence-corrected chi connectivity index (χ1v) is 9.43. The van der Waals surface area contributed by atoms with Gasteiger partial charge in [0.2, 0.25) is 11.7 Å². The molecule has 1 atom stereocenters. The molecule has 7 heteroatoms. The molecule has 0 fully saturated rings. The van der Waals surface area contributed by atoms with Crippen LogP contribution in [0.3, 0.4) is 0 Å². The minimum atomic E-state index is -0.597. The number of hydrogen-bond acceptors (Lipinski definition) is 5. The van der Waals surface area contributed by atoms with Crippen LogP contribution in [0.25, 0.3) is 11.4 Å². The topological polar surface area (TPSA) is 77.2 Å². The number of carbonyl (C=O) groups is 1. The van der Waals surface area contributed by atoms with Gasteiger partial charge in [-0.05, 0) is 67.8 Å². The number of carbonyl (C=O) groups excluding carboxylic acids is 1. The number of benzene rings is 2. The van der Waals surface area contributed by atoms with Crippen molar-refractivity contribution in [2.24, 2.45) is 0 Å². The molecule has 1 N–H and O–H groups in total. The van der Waals surface area contributed by atoms with E-state index < -0.39 is 6.10 Å². The van der Waals surface area contributed by atoms with Crippen LogP contribution in [0.15, 0.2) is 47.0 Å². The van der Waals surface area contributed by atoms with Crippen molar-refractivity contribution in [1.82, 2.24) is 15.5 Å². The Kier molecular flexibility index (Phi) is 6.31. The number of aryl methyl sites for hydroxylation is 2. The summed E-state index contributed by atoms with van der Waals surface area (Å²) in [6.07, 6.45) is -0.0570. The molecule has 0 saturated heterocycles. The molecule has 0 aliphatic rings. The predicted molar refractivity (Wildman–Crippen MR) is 107 cm³/mol. The maximum Gasteiger partial charge on any atom is 0.261 e. The molecule has 0 bridgehead atoms. The lowest BCUT2D eigenvalue weighted by Crippen LogP contribution is -2.37. The van der Waals surface area contributed by atoms with Crippen molar-refractivity contribution in [3.63, 3.8) is 0 Å². The third-order valence-corrected chi connectivity index (χ3v) is 4.37. The van der Waals surface area contributed by atoms with E-state index in [2.05, 4.69) is 21.5 Å². The van der Waals surface area contributed by atoms with Gasteiger partial charge in [0.1, 0.15) is 5.75 Å². The zero-order valence-electron chi connectivity index (χ0n) is 16.0. The molecule has 0 aliphatic carbocycles. The molecule has 0 radical (unpaired) electrons. The molecular weight excluding hydrogens is 378 g/mol. The minimum absolute atomic E-state index is 0.131. The molecule has 1 heterocycles. The van der Waals surface area contributed by atoms with Gasteiger partial charge in [-0.15, -0.1) is 0 Å². The number of ether oxygens (including phenoxy) is 1. The first-order valence-electron chi connectivity index (χ1n) is 9.06. The van der Waals surface area contributed by atoms with Crippen molar-refractivity contribution in [1.29, 1.82) is 0 Å². The van der Waals surface area contributed by atoms with E-state index in [1.54, 1.807) is 24.3 Å². The van der Waals surface area contributed by atoms with Crippen molar-refractivity contribution in [3.8, 4) is 17.1 Å². The summed E-state index contributed by atoms with van der Waals surface area (Å²) in [6.45, 7) is 6.02. The summed E-state index contributed by atoms with van der Waals surface area (Å²) < 4.78 is 11.1. The molecule has 0 aliphatic heterocycles. The number of halogens is 1. The Morgan fingerprint density at radius 2 is 1.86 bits per heavy atom. The lowest BCUT2D eigenvalue weighted by Gasteiger charge is -2.17.